The fourth-order valence-corrected chi connectivity index (χ4v) is 3.73. The molecule has 1 heterocycles. The van der Waals surface area contributed by atoms with Gasteiger partial charge < -0.3 is 15.2 Å². The van der Waals surface area contributed by atoms with Crippen molar-refractivity contribution in [3.63, 3.8) is 0 Å². The molecule has 3 aromatic rings. The van der Waals surface area contributed by atoms with Crippen LogP contribution in [-0.4, -0.2) is 11.0 Å². The first-order valence-electron chi connectivity index (χ1n) is 10.1. The second-order valence-corrected chi connectivity index (χ2v) is 7.58. The number of ether oxygens (including phenoxy) is 1. The van der Waals surface area contributed by atoms with Crippen LogP contribution in [0.2, 0.25) is 0 Å². The summed E-state index contributed by atoms with van der Waals surface area (Å²) in [5.74, 6) is 0.254. The van der Waals surface area contributed by atoms with E-state index in [1.165, 1.54) is 12.1 Å². The van der Waals surface area contributed by atoms with Crippen LogP contribution in [0.25, 0.3) is 0 Å². The van der Waals surface area contributed by atoms with Gasteiger partial charge in [-0.15, -0.1) is 0 Å². The molecule has 3 atom stereocenters. The van der Waals surface area contributed by atoms with E-state index in [1.807, 2.05) is 54.6 Å². The van der Waals surface area contributed by atoms with E-state index in [4.69, 9.17) is 4.74 Å². The largest absolute Gasteiger partial charge is 0.489 e. The molecule has 4 rings (SSSR count). The van der Waals surface area contributed by atoms with Crippen molar-refractivity contribution < 1.29 is 19.0 Å². The summed E-state index contributed by atoms with van der Waals surface area (Å²) in [4.78, 5) is 12.1. The lowest BCUT2D eigenvalue weighted by Gasteiger charge is -2.37. The maximum atomic E-state index is 13.0. The van der Waals surface area contributed by atoms with Gasteiger partial charge in [-0.2, -0.15) is 0 Å². The third kappa shape index (κ3) is 4.69. The molecule has 1 fully saturated rings. The Balaban J connectivity index is 1.32. The minimum Gasteiger partial charge on any atom is -0.489 e. The van der Waals surface area contributed by atoms with Crippen LogP contribution in [-0.2, 0) is 11.4 Å². The fraction of sp³-hybridized carbons (Fsp3) is 0.240. The van der Waals surface area contributed by atoms with Gasteiger partial charge in [0.05, 0.1) is 18.1 Å². The number of halogens is 1. The molecule has 3 aromatic carbocycles. The number of nitrogens with one attached hydrogen (secondary N) is 1. The predicted molar refractivity (Wildman–Crippen MR) is 112 cm³/mol. The Labute approximate surface area is 175 Å². The Morgan fingerprint density at radius 2 is 1.67 bits per heavy atom. The highest BCUT2D eigenvalue weighted by Gasteiger charge is 2.39. The zero-order valence-electron chi connectivity index (χ0n) is 16.5. The van der Waals surface area contributed by atoms with Gasteiger partial charge in [-0.3, -0.25) is 4.79 Å². The molecular formula is C25H24FNO3. The Bertz CT molecular complexity index is 974. The average Bonchev–Trinajstić information content (AvgIpc) is 2.77. The first kappa shape index (κ1) is 20.1. The quantitative estimate of drug-likeness (QED) is 0.534. The van der Waals surface area contributed by atoms with Gasteiger partial charge in [0.1, 0.15) is 18.2 Å². The molecule has 30 heavy (non-hydrogen) atoms. The van der Waals surface area contributed by atoms with Crippen LogP contribution >= 0.6 is 0 Å². The zero-order valence-corrected chi connectivity index (χ0v) is 16.5. The van der Waals surface area contributed by atoms with Crippen molar-refractivity contribution in [3.05, 3.63) is 101 Å². The second kappa shape index (κ2) is 9.09. The molecule has 0 aliphatic carbocycles. The molecule has 1 saturated heterocycles. The number of amides is 1. The Morgan fingerprint density at radius 3 is 2.33 bits per heavy atom. The number of aliphatic hydroxyl groups excluding tert-OH is 1. The molecule has 0 saturated carbocycles. The zero-order chi connectivity index (χ0) is 20.9. The third-order valence-corrected chi connectivity index (χ3v) is 5.53. The molecule has 0 radical (unpaired) electrons. The standard InChI is InChI=1S/C25H24FNO3/c26-20-10-6-18(7-11-20)23(28)15-14-22-24(27-25(22)29)19-8-12-21(13-9-19)30-16-17-4-2-1-3-5-17/h1-13,22-24,28H,14-16H2,(H,27,29)/t22-,23?,24?/m1/s1. The summed E-state index contributed by atoms with van der Waals surface area (Å²) < 4.78 is 18.9. The lowest BCUT2D eigenvalue weighted by Crippen LogP contribution is -2.51. The van der Waals surface area contributed by atoms with E-state index in [1.54, 1.807) is 12.1 Å². The fourth-order valence-electron chi connectivity index (χ4n) is 3.73. The molecule has 154 valence electrons. The van der Waals surface area contributed by atoms with Crippen molar-refractivity contribution in [2.45, 2.75) is 31.6 Å². The van der Waals surface area contributed by atoms with Gasteiger partial charge in [-0.1, -0.05) is 54.6 Å². The number of carbonyl (C=O) groups excluding carboxylic acids is 1. The number of β-lactam (4-membered cyclic amide) rings is 1. The summed E-state index contributed by atoms with van der Waals surface area (Å²) in [6.07, 6.45) is 0.285. The van der Waals surface area contributed by atoms with E-state index < -0.39 is 6.10 Å². The molecule has 1 aliphatic rings. The van der Waals surface area contributed by atoms with Crippen LogP contribution < -0.4 is 10.1 Å². The number of carbonyl (C=O) groups is 1. The summed E-state index contributed by atoms with van der Waals surface area (Å²) >= 11 is 0. The van der Waals surface area contributed by atoms with Gasteiger partial charge in [-0.25, -0.2) is 4.39 Å². The molecule has 2 N–H and O–H groups in total. The third-order valence-electron chi connectivity index (χ3n) is 5.53. The molecule has 2 unspecified atom stereocenters. The maximum Gasteiger partial charge on any atom is 0.226 e. The van der Waals surface area contributed by atoms with Crippen molar-refractivity contribution in [2.24, 2.45) is 5.92 Å². The number of hydrogen-bond acceptors (Lipinski definition) is 3. The summed E-state index contributed by atoms with van der Waals surface area (Å²) in [6.45, 7) is 0.504. The molecule has 1 aliphatic heterocycles. The SMILES string of the molecule is O=C1NC(c2ccc(OCc3ccccc3)cc2)[C@H]1CCC(O)c1ccc(F)cc1. The molecule has 5 heteroatoms. The van der Waals surface area contributed by atoms with Gasteiger partial charge in [0.2, 0.25) is 5.91 Å². The first-order chi connectivity index (χ1) is 14.6. The first-order valence-corrected chi connectivity index (χ1v) is 10.1. The highest BCUT2D eigenvalue weighted by molar-refractivity contribution is 5.86. The highest BCUT2D eigenvalue weighted by atomic mass is 19.1. The lowest BCUT2D eigenvalue weighted by molar-refractivity contribution is -0.135. The van der Waals surface area contributed by atoms with Crippen molar-refractivity contribution >= 4 is 5.91 Å². The maximum absolute atomic E-state index is 13.0. The van der Waals surface area contributed by atoms with E-state index >= 15 is 0 Å². The minimum atomic E-state index is -0.714. The predicted octanol–water partition coefficient (Wildman–Crippen LogP) is 4.71. The average molecular weight is 405 g/mol. The Hall–Kier alpha value is -3.18. The van der Waals surface area contributed by atoms with E-state index in [2.05, 4.69) is 5.32 Å². The Kier molecular flexibility index (Phi) is 6.10. The smallest absolute Gasteiger partial charge is 0.226 e. The van der Waals surface area contributed by atoms with Crippen LogP contribution in [0.3, 0.4) is 0 Å². The van der Waals surface area contributed by atoms with E-state index in [0.29, 0.717) is 25.0 Å². The van der Waals surface area contributed by atoms with Crippen LogP contribution in [0.5, 0.6) is 5.75 Å². The summed E-state index contributed by atoms with van der Waals surface area (Å²) in [5.41, 5.74) is 2.78. The molecular weight excluding hydrogens is 381 g/mol. The highest BCUT2D eigenvalue weighted by Crippen LogP contribution is 2.36. The van der Waals surface area contributed by atoms with Crippen molar-refractivity contribution in [3.8, 4) is 5.75 Å². The van der Waals surface area contributed by atoms with Crippen molar-refractivity contribution in [2.75, 3.05) is 0 Å². The lowest BCUT2D eigenvalue weighted by atomic mass is 9.81. The van der Waals surface area contributed by atoms with E-state index in [0.717, 1.165) is 16.9 Å². The molecule has 0 bridgehead atoms. The number of hydrogen-bond donors (Lipinski definition) is 2. The molecule has 4 nitrogen and oxygen atoms in total. The van der Waals surface area contributed by atoms with E-state index in [-0.39, 0.29) is 23.7 Å². The van der Waals surface area contributed by atoms with Crippen LogP contribution in [0.1, 0.15) is 41.7 Å². The number of benzene rings is 3. The summed E-state index contributed by atoms with van der Waals surface area (Å²) in [7, 11) is 0. The van der Waals surface area contributed by atoms with Crippen LogP contribution in [0.15, 0.2) is 78.9 Å². The molecule has 0 spiro atoms. The topological polar surface area (TPSA) is 58.6 Å². The molecule has 0 aromatic heterocycles. The summed E-state index contributed by atoms with van der Waals surface area (Å²) in [6, 6.07) is 23.5. The van der Waals surface area contributed by atoms with Gasteiger partial charge in [-0.05, 0) is 53.8 Å². The monoisotopic (exact) mass is 405 g/mol. The van der Waals surface area contributed by atoms with Gasteiger partial charge in [0.25, 0.3) is 0 Å². The molecule has 1 amide bonds. The van der Waals surface area contributed by atoms with Gasteiger partial charge >= 0.3 is 0 Å². The number of rotatable bonds is 8. The van der Waals surface area contributed by atoms with E-state index in [9.17, 15) is 14.3 Å². The van der Waals surface area contributed by atoms with Crippen LogP contribution in [0.4, 0.5) is 4.39 Å². The second-order valence-electron chi connectivity index (χ2n) is 7.58. The minimum absolute atomic E-state index is 0.00397. The van der Waals surface area contributed by atoms with Crippen molar-refractivity contribution in [1.82, 2.24) is 5.32 Å². The van der Waals surface area contributed by atoms with Gasteiger partial charge in [0, 0.05) is 0 Å². The van der Waals surface area contributed by atoms with Gasteiger partial charge in [0.15, 0.2) is 0 Å². The number of aliphatic hydroxyl groups is 1. The normalized spacial score (nSPS) is 18.9. The van der Waals surface area contributed by atoms with Crippen molar-refractivity contribution in [1.29, 1.82) is 0 Å². The Morgan fingerprint density at radius 1 is 0.967 bits per heavy atom. The van der Waals surface area contributed by atoms with Crippen LogP contribution in [0, 0.1) is 11.7 Å². The summed E-state index contributed by atoms with van der Waals surface area (Å²) in [5, 5.41) is 13.3.